The maximum atomic E-state index is 11.8. The molecule has 6 nitrogen and oxygen atoms in total. The van der Waals surface area contributed by atoms with Crippen LogP contribution in [0.3, 0.4) is 0 Å². The molecule has 0 spiro atoms. The summed E-state index contributed by atoms with van der Waals surface area (Å²) in [5, 5.41) is 7.13. The Hall–Kier alpha value is -1.63. The molecule has 1 aromatic heterocycles. The number of rotatable bonds is 3. The van der Waals surface area contributed by atoms with E-state index in [-0.39, 0.29) is 11.8 Å². The van der Waals surface area contributed by atoms with E-state index >= 15 is 0 Å². The van der Waals surface area contributed by atoms with Crippen LogP contribution in [0.1, 0.15) is 24.1 Å². The molecule has 0 bridgehead atoms. The summed E-state index contributed by atoms with van der Waals surface area (Å²) in [6.45, 7) is 3.47. The van der Waals surface area contributed by atoms with Crippen LogP contribution in [0.25, 0.3) is 0 Å². The van der Waals surface area contributed by atoms with E-state index in [1.807, 2.05) is 14.0 Å². The number of carbonyl (C=O) groups excluding carboxylic acids is 1. The number of aromatic nitrogens is 2. The van der Waals surface area contributed by atoms with Crippen LogP contribution in [0.15, 0.2) is 0 Å². The van der Waals surface area contributed by atoms with E-state index in [0.717, 1.165) is 36.5 Å². The topological polar surface area (TPSA) is 76.2 Å². The molecular formula is C13H21N5OS. The minimum absolute atomic E-state index is 0.00292. The highest BCUT2D eigenvalue weighted by Gasteiger charge is 2.29. The first-order valence-corrected chi connectivity index (χ1v) is 7.16. The first kappa shape index (κ1) is 14.8. The van der Waals surface area contributed by atoms with Crippen molar-refractivity contribution in [2.45, 2.75) is 19.8 Å². The summed E-state index contributed by atoms with van der Waals surface area (Å²) < 4.78 is 1.80. The van der Waals surface area contributed by atoms with Crippen LogP contribution in [0, 0.1) is 12.8 Å². The minimum Gasteiger partial charge on any atom is -0.389 e. The molecule has 1 aliphatic rings. The van der Waals surface area contributed by atoms with Crippen LogP contribution in [-0.4, -0.2) is 40.8 Å². The molecular weight excluding hydrogens is 274 g/mol. The van der Waals surface area contributed by atoms with Crippen molar-refractivity contribution in [1.82, 2.24) is 15.1 Å². The van der Waals surface area contributed by atoms with Gasteiger partial charge in [-0.15, -0.1) is 0 Å². The fraction of sp³-hybridized carbons (Fsp3) is 0.615. The number of aryl methyl sites for hydroxylation is 2. The molecule has 1 unspecified atom stereocenters. The average molecular weight is 295 g/mol. The summed E-state index contributed by atoms with van der Waals surface area (Å²) in [5.41, 5.74) is 7.48. The number of nitrogens with two attached hydrogens (primary N) is 1. The van der Waals surface area contributed by atoms with Crippen LogP contribution in [0.4, 0.5) is 5.82 Å². The highest BCUT2D eigenvalue weighted by atomic mass is 32.1. The zero-order chi connectivity index (χ0) is 14.9. The Morgan fingerprint density at radius 3 is 2.85 bits per heavy atom. The van der Waals surface area contributed by atoms with E-state index in [1.54, 1.807) is 11.7 Å². The summed E-state index contributed by atoms with van der Waals surface area (Å²) in [6, 6.07) is 0. The van der Waals surface area contributed by atoms with Crippen molar-refractivity contribution in [1.29, 1.82) is 0 Å². The van der Waals surface area contributed by atoms with E-state index in [1.165, 1.54) is 0 Å². The number of hydrogen-bond acceptors (Lipinski definition) is 4. The number of amides is 1. The first-order valence-electron chi connectivity index (χ1n) is 6.75. The minimum atomic E-state index is 0.00292. The Balaban J connectivity index is 2.32. The number of nitrogens with zero attached hydrogens (tertiary/aromatic N) is 3. The van der Waals surface area contributed by atoms with Gasteiger partial charge in [0.25, 0.3) is 0 Å². The molecule has 2 rings (SSSR count). The lowest BCUT2D eigenvalue weighted by atomic mass is 9.97. The molecule has 1 atom stereocenters. The average Bonchev–Trinajstić information content (AvgIpc) is 2.72. The normalized spacial score (nSPS) is 18.9. The molecule has 20 heavy (non-hydrogen) atoms. The number of anilines is 1. The van der Waals surface area contributed by atoms with Gasteiger partial charge in [0.1, 0.15) is 10.8 Å². The molecule has 1 amide bonds. The maximum absolute atomic E-state index is 11.8. The third-order valence-electron chi connectivity index (χ3n) is 3.78. The predicted molar refractivity (Wildman–Crippen MR) is 82.8 cm³/mol. The molecule has 0 aliphatic carbocycles. The van der Waals surface area contributed by atoms with Gasteiger partial charge in [0.15, 0.2) is 0 Å². The van der Waals surface area contributed by atoms with Crippen LogP contribution >= 0.6 is 12.2 Å². The van der Waals surface area contributed by atoms with Gasteiger partial charge in [-0.05, 0) is 19.8 Å². The second-order valence-corrected chi connectivity index (χ2v) is 5.61. The molecule has 110 valence electrons. The largest absolute Gasteiger partial charge is 0.389 e. The third kappa shape index (κ3) is 2.63. The van der Waals surface area contributed by atoms with Crippen LogP contribution in [0.2, 0.25) is 0 Å². The third-order valence-corrected chi connectivity index (χ3v) is 3.98. The lowest BCUT2D eigenvalue weighted by molar-refractivity contribution is -0.124. The SMILES string of the molecule is CNC(=O)C1CCCN(c2c(C(N)=S)c(C)nn2C)C1. The molecule has 1 saturated heterocycles. The summed E-state index contributed by atoms with van der Waals surface area (Å²) >= 11 is 5.14. The Morgan fingerprint density at radius 2 is 2.25 bits per heavy atom. The fourth-order valence-corrected chi connectivity index (χ4v) is 3.12. The molecule has 3 N–H and O–H groups in total. The van der Waals surface area contributed by atoms with Crippen LogP contribution in [0.5, 0.6) is 0 Å². The molecule has 0 saturated carbocycles. The van der Waals surface area contributed by atoms with Crippen molar-refractivity contribution in [3.8, 4) is 0 Å². The van der Waals surface area contributed by atoms with Crippen molar-refractivity contribution in [3.63, 3.8) is 0 Å². The van der Waals surface area contributed by atoms with Gasteiger partial charge in [-0.1, -0.05) is 12.2 Å². The van der Waals surface area contributed by atoms with E-state index in [4.69, 9.17) is 18.0 Å². The number of nitrogens with one attached hydrogen (secondary N) is 1. The van der Waals surface area contributed by atoms with Crippen LogP contribution in [-0.2, 0) is 11.8 Å². The van der Waals surface area contributed by atoms with Gasteiger partial charge < -0.3 is 16.0 Å². The smallest absolute Gasteiger partial charge is 0.224 e. The van der Waals surface area contributed by atoms with Gasteiger partial charge in [-0.3, -0.25) is 9.48 Å². The van der Waals surface area contributed by atoms with Gasteiger partial charge in [0, 0.05) is 27.2 Å². The maximum Gasteiger partial charge on any atom is 0.224 e. The van der Waals surface area contributed by atoms with E-state index in [9.17, 15) is 4.79 Å². The van der Waals surface area contributed by atoms with Gasteiger partial charge in [-0.2, -0.15) is 5.10 Å². The van der Waals surface area contributed by atoms with Crippen molar-refractivity contribution < 1.29 is 4.79 Å². The Bertz CT molecular complexity index is 539. The van der Waals surface area contributed by atoms with Crippen molar-refractivity contribution in [3.05, 3.63) is 11.3 Å². The zero-order valence-electron chi connectivity index (χ0n) is 12.1. The lowest BCUT2D eigenvalue weighted by Gasteiger charge is -2.33. The first-order chi connectivity index (χ1) is 9.45. The molecule has 1 fully saturated rings. The monoisotopic (exact) mass is 295 g/mol. The van der Waals surface area contributed by atoms with Gasteiger partial charge in [-0.25, -0.2) is 0 Å². The van der Waals surface area contributed by atoms with E-state index < -0.39 is 0 Å². The number of thiocarbonyl (C=S) groups is 1. The quantitative estimate of drug-likeness (QED) is 0.786. The fourth-order valence-electron chi connectivity index (χ4n) is 2.88. The molecule has 0 aromatic carbocycles. The molecule has 1 aliphatic heterocycles. The summed E-state index contributed by atoms with van der Waals surface area (Å²) in [6.07, 6.45) is 1.88. The number of carbonyl (C=O) groups is 1. The highest BCUT2D eigenvalue weighted by Crippen LogP contribution is 2.28. The standard InChI is InChI=1S/C13H21N5OS/c1-8-10(11(14)20)13(17(3)16-8)18-6-4-5-9(7-18)12(19)15-2/h9H,4-7H2,1-3H3,(H2,14,20)(H,15,19). The van der Waals surface area contributed by atoms with Crippen molar-refractivity contribution >= 4 is 28.9 Å². The second kappa shape index (κ2) is 5.78. The Morgan fingerprint density at radius 1 is 1.55 bits per heavy atom. The number of piperidine rings is 1. The summed E-state index contributed by atoms with van der Waals surface area (Å²) in [7, 11) is 3.56. The Kier molecular flexibility index (Phi) is 4.27. The predicted octanol–water partition coefficient (Wildman–Crippen LogP) is 0.325. The van der Waals surface area contributed by atoms with E-state index in [2.05, 4.69) is 15.3 Å². The molecule has 1 aromatic rings. The van der Waals surface area contributed by atoms with Gasteiger partial charge in [0.2, 0.25) is 5.91 Å². The van der Waals surface area contributed by atoms with Crippen molar-refractivity contribution in [2.75, 3.05) is 25.0 Å². The highest BCUT2D eigenvalue weighted by molar-refractivity contribution is 7.80. The molecule has 0 radical (unpaired) electrons. The second-order valence-electron chi connectivity index (χ2n) is 5.17. The lowest BCUT2D eigenvalue weighted by Crippen LogP contribution is -2.43. The van der Waals surface area contributed by atoms with Gasteiger partial charge >= 0.3 is 0 Å². The van der Waals surface area contributed by atoms with Crippen molar-refractivity contribution in [2.24, 2.45) is 18.7 Å². The number of hydrogen-bond donors (Lipinski definition) is 2. The van der Waals surface area contributed by atoms with Crippen LogP contribution < -0.4 is 16.0 Å². The summed E-state index contributed by atoms with van der Waals surface area (Å²) in [5.74, 6) is 1.01. The zero-order valence-corrected chi connectivity index (χ0v) is 13.0. The van der Waals surface area contributed by atoms with Gasteiger partial charge in [0.05, 0.1) is 17.2 Å². The van der Waals surface area contributed by atoms with E-state index in [0.29, 0.717) is 11.5 Å². The summed E-state index contributed by atoms with van der Waals surface area (Å²) in [4.78, 5) is 14.4. The Labute approximate surface area is 124 Å². The molecule has 2 heterocycles. The molecule has 7 heteroatoms.